The number of fused-ring (bicyclic) bond motifs is 1. The van der Waals surface area contributed by atoms with E-state index in [0.29, 0.717) is 52.1 Å². The summed E-state index contributed by atoms with van der Waals surface area (Å²) in [7, 11) is 0. The van der Waals surface area contributed by atoms with Gasteiger partial charge in [0.2, 0.25) is 17.1 Å². The van der Waals surface area contributed by atoms with Crippen molar-refractivity contribution in [1.29, 1.82) is 5.26 Å². The van der Waals surface area contributed by atoms with Gasteiger partial charge in [0.05, 0.1) is 6.61 Å². The van der Waals surface area contributed by atoms with E-state index in [1.165, 1.54) is 17.8 Å². The van der Waals surface area contributed by atoms with Crippen molar-refractivity contribution in [3.05, 3.63) is 53.1 Å². The van der Waals surface area contributed by atoms with Gasteiger partial charge in [0, 0.05) is 11.5 Å². The highest BCUT2D eigenvalue weighted by atomic mass is 32.2. The fourth-order valence-corrected chi connectivity index (χ4v) is 4.14. The Balaban J connectivity index is 1.48. The van der Waals surface area contributed by atoms with Gasteiger partial charge < -0.3 is 18.9 Å². The number of nitrogens with one attached hydrogen (secondary N) is 1. The monoisotopic (exact) mass is 496 g/mol. The lowest BCUT2D eigenvalue weighted by atomic mass is 10.1. The highest BCUT2D eigenvalue weighted by Crippen LogP contribution is 2.34. The number of ether oxygens (including phenoxy) is 4. The van der Waals surface area contributed by atoms with E-state index < -0.39 is 5.91 Å². The average molecular weight is 497 g/mol. The Morgan fingerprint density at radius 3 is 2.85 bits per heavy atom. The Hall–Kier alpha value is -3.75. The minimum atomic E-state index is -0.563. The molecule has 0 radical (unpaired) electrons. The number of nitriles is 1. The second-order valence-corrected chi connectivity index (χ2v) is 8.35. The standard InChI is InChI=1S/C23H20N4O5S2/c1-3-29-19-9-14(8-16(11-24)21(28)25-22-26-23(33-2)27-34-22)4-6-17(19)30-12-15-5-7-18-20(10-15)32-13-31-18/h4-10H,3,12-13H2,1-2H3,(H,25,26,27,28). The van der Waals surface area contributed by atoms with E-state index in [1.54, 1.807) is 18.2 Å². The predicted molar refractivity (Wildman–Crippen MR) is 128 cm³/mol. The highest BCUT2D eigenvalue weighted by molar-refractivity contribution is 7.98. The summed E-state index contributed by atoms with van der Waals surface area (Å²) in [5.41, 5.74) is 1.46. The SMILES string of the molecule is CCOc1cc(C=C(C#N)C(=O)Nc2nc(SC)ns2)ccc1OCc1ccc2c(c1)OCO2. The first-order valence-electron chi connectivity index (χ1n) is 10.2. The van der Waals surface area contributed by atoms with E-state index in [0.717, 1.165) is 17.1 Å². The summed E-state index contributed by atoms with van der Waals surface area (Å²) in [6, 6.07) is 12.8. The van der Waals surface area contributed by atoms with E-state index >= 15 is 0 Å². The van der Waals surface area contributed by atoms with Gasteiger partial charge in [0.1, 0.15) is 18.2 Å². The van der Waals surface area contributed by atoms with Crippen LogP contribution in [0.4, 0.5) is 5.13 Å². The van der Waals surface area contributed by atoms with E-state index in [9.17, 15) is 10.1 Å². The summed E-state index contributed by atoms with van der Waals surface area (Å²) in [5, 5.41) is 13.0. The lowest BCUT2D eigenvalue weighted by Crippen LogP contribution is -2.13. The fourth-order valence-electron chi connectivity index (χ4n) is 3.02. The second kappa shape index (κ2) is 10.9. The molecule has 0 aliphatic carbocycles. The Morgan fingerprint density at radius 2 is 2.09 bits per heavy atom. The molecule has 1 aliphatic rings. The minimum Gasteiger partial charge on any atom is -0.490 e. The van der Waals surface area contributed by atoms with E-state index in [1.807, 2.05) is 37.4 Å². The summed E-state index contributed by atoms with van der Waals surface area (Å²) in [4.78, 5) is 16.7. The molecule has 11 heteroatoms. The Bertz CT molecular complexity index is 1270. The molecule has 0 fully saturated rings. The molecule has 1 aromatic heterocycles. The molecule has 0 unspecified atom stereocenters. The number of thioether (sulfide) groups is 1. The molecule has 0 atom stereocenters. The van der Waals surface area contributed by atoms with Crippen molar-refractivity contribution < 1.29 is 23.7 Å². The molecule has 0 bridgehead atoms. The van der Waals surface area contributed by atoms with Gasteiger partial charge >= 0.3 is 0 Å². The van der Waals surface area contributed by atoms with Gasteiger partial charge in [0.15, 0.2) is 23.0 Å². The van der Waals surface area contributed by atoms with Crippen molar-refractivity contribution in [3.63, 3.8) is 0 Å². The zero-order chi connectivity index (χ0) is 23.9. The number of nitrogens with zero attached hydrogens (tertiary/aromatic N) is 3. The normalized spacial score (nSPS) is 12.2. The van der Waals surface area contributed by atoms with Crippen molar-refractivity contribution in [2.75, 3.05) is 25.0 Å². The van der Waals surface area contributed by atoms with Gasteiger partial charge in [0.25, 0.3) is 5.91 Å². The summed E-state index contributed by atoms with van der Waals surface area (Å²) < 4.78 is 26.5. The molecular formula is C23H20N4O5S2. The number of rotatable bonds is 9. The van der Waals surface area contributed by atoms with Crippen molar-refractivity contribution in [1.82, 2.24) is 9.36 Å². The molecule has 0 saturated carbocycles. The molecule has 3 aromatic rings. The summed E-state index contributed by atoms with van der Waals surface area (Å²) in [5.74, 6) is 1.88. The maximum atomic E-state index is 12.5. The molecule has 2 heterocycles. The van der Waals surface area contributed by atoms with Crippen LogP contribution in [0.1, 0.15) is 18.1 Å². The molecular weight excluding hydrogens is 476 g/mol. The van der Waals surface area contributed by atoms with Gasteiger partial charge in [-0.2, -0.15) is 14.6 Å². The molecule has 1 amide bonds. The highest BCUT2D eigenvalue weighted by Gasteiger charge is 2.15. The molecule has 4 rings (SSSR count). The van der Waals surface area contributed by atoms with Crippen LogP contribution in [0.25, 0.3) is 6.08 Å². The third kappa shape index (κ3) is 5.59. The van der Waals surface area contributed by atoms with E-state index in [-0.39, 0.29) is 12.4 Å². The Morgan fingerprint density at radius 1 is 1.24 bits per heavy atom. The van der Waals surface area contributed by atoms with Crippen LogP contribution in [0.2, 0.25) is 0 Å². The molecule has 0 spiro atoms. The molecule has 1 aliphatic heterocycles. The molecule has 34 heavy (non-hydrogen) atoms. The van der Waals surface area contributed by atoms with Crippen LogP contribution in [-0.2, 0) is 11.4 Å². The smallest absolute Gasteiger partial charge is 0.268 e. The van der Waals surface area contributed by atoms with Crippen molar-refractivity contribution in [2.45, 2.75) is 18.7 Å². The lowest BCUT2D eigenvalue weighted by molar-refractivity contribution is -0.112. The van der Waals surface area contributed by atoms with Gasteiger partial charge in [-0.3, -0.25) is 10.1 Å². The zero-order valence-electron chi connectivity index (χ0n) is 18.4. The Kier molecular flexibility index (Phi) is 7.51. The van der Waals surface area contributed by atoms with Crippen molar-refractivity contribution in [2.24, 2.45) is 0 Å². The minimum absolute atomic E-state index is 0.0719. The van der Waals surface area contributed by atoms with Crippen LogP contribution in [0.15, 0.2) is 47.1 Å². The summed E-state index contributed by atoms with van der Waals surface area (Å²) in [6.45, 7) is 2.81. The number of anilines is 1. The summed E-state index contributed by atoms with van der Waals surface area (Å²) in [6.07, 6.45) is 3.32. The van der Waals surface area contributed by atoms with Gasteiger partial charge in [-0.25, -0.2) is 0 Å². The van der Waals surface area contributed by atoms with Gasteiger partial charge in [-0.15, -0.1) is 0 Å². The average Bonchev–Trinajstić information content (AvgIpc) is 3.51. The van der Waals surface area contributed by atoms with Crippen molar-refractivity contribution >= 4 is 40.4 Å². The first-order chi connectivity index (χ1) is 16.6. The first kappa shape index (κ1) is 23.4. The summed E-state index contributed by atoms with van der Waals surface area (Å²) >= 11 is 2.42. The van der Waals surface area contributed by atoms with Crippen molar-refractivity contribution in [3.8, 4) is 29.1 Å². The first-order valence-corrected chi connectivity index (χ1v) is 12.2. The maximum absolute atomic E-state index is 12.5. The van der Waals surface area contributed by atoms with Crippen LogP contribution in [-0.4, -0.2) is 34.9 Å². The zero-order valence-corrected chi connectivity index (χ0v) is 20.0. The number of amides is 1. The fraction of sp³-hybridized carbons (Fsp3) is 0.217. The van der Waals surface area contributed by atoms with Crippen LogP contribution < -0.4 is 24.3 Å². The third-order valence-corrected chi connectivity index (χ3v) is 5.88. The molecule has 9 nitrogen and oxygen atoms in total. The van der Waals surface area contributed by atoms with E-state index in [4.69, 9.17) is 18.9 Å². The van der Waals surface area contributed by atoms with Gasteiger partial charge in [-0.05, 0) is 54.6 Å². The third-order valence-electron chi connectivity index (χ3n) is 4.59. The molecule has 1 N–H and O–H groups in total. The van der Waals surface area contributed by atoms with E-state index in [2.05, 4.69) is 14.7 Å². The van der Waals surface area contributed by atoms with Crippen LogP contribution in [0, 0.1) is 11.3 Å². The quantitative estimate of drug-likeness (QED) is 0.259. The molecule has 174 valence electrons. The largest absolute Gasteiger partial charge is 0.490 e. The lowest BCUT2D eigenvalue weighted by Gasteiger charge is -2.13. The van der Waals surface area contributed by atoms with Crippen LogP contribution in [0.3, 0.4) is 0 Å². The topological polar surface area (TPSA) is 116 Å². The molecule has 0 saturated heterocycles. The number of hydrogen-bond donors (Lipinski definition) is 1. The number of hydrogen-bond acceptors (Lipinski definition) is 10. The van der Waals surface area contributed by atoms with Crippen LogP contribution in [0.5, 0.6) is 23.0 Å². The number of aromatic nitrogens is 2. The Labute approximate surface area is 204 Å². The predicted octanol–water partition coefficient (Wildman–Crippen LogP) is 4.51. The van der Waals surface area contributed by atoms with Gasteiger partial charge in [-0.1, -0.05) is 23.9 Å². The molecule has 2 aromatic carbocycles. The number of carbonyl (C=O) groups is 1. The number of benzene rings is 2. The number of carbonyl (C=O) groups excluding carboxylic acids is 1. The maximum Gasteiger partial charge on any atom is 0.268 e. The van der Waals surface area contributed by atoms with Crippen LogP contribution >= 0.6 is 23.3 Å². The second-order valence-electron chi connectivity index (χ2n) is 6.83.